The Kier molecular flexibility index (Phi) is 10.6. The van der Waals surface area contributed by atoms with Crippen LogP contribution in [0.4, 0.5) is 10.8 Å². The zero-order valence-corrected chi connectivity index (χ0v) is 23.4. The van der Waals surface area contributed by atoms with Crippen LogP contribution in [-0.2, 0) is 22.6 Å². The molecule has 0 fully saturated rings. The van der Waals surface area contributed by atoms with Gasteiger partial charge in [-0.25, -0.2) is 14.5 Å². The van der Waals surface area contributed by atoms with Gasteiger partial charge in [-0.3, -0.25) is 15.5 Å². The maximum atomic E-state index is 11.7. The van der Waals surface area contributed by atoms with Gasteiger partial charge in [0.05, 0.1) is 29.1 Å². The SMILES string of the molecule is CCCCCCCOCc1cn(-c2ccc(-c3csc(N/N=C(/Cc4ccccc4[N+](=O)[O-])C(=O)O)n3)cc2)nn1. The Morgan fingerprint density at radius 2 is 1.93 bits per heavy atom. The van der Waals surface area contributed by atoms with Crippen LogP contribution in [-0.4, -0.2) is 48.3 Å². The van der Waals surface area contributed by atoms with Crippen LogP contribution in [0.3, 0.4) is 0 Å². The number of carboxylic acid groups (broad SMARTS) is 1. The highest BCUT2D eigenvalue weighted by Gasteiger charge is 2.19. The molecule has 0 radical (unpaired) electrons. The van der Waals surface area contributed by atoms with Gasteiger partial charge in [0.15, 0.2) is 0 Å². The van der Waals surface area contributed by atoms with E-state index in [4.69, 9.17) is 4.74 Å². The molecule has 2 aromatic heterocycles. The number of carbonyl (C=O) groups is 1. The second kappa shape index (κ2) is 14.8. The summed E-state index contributed by atoms with van der Waals surface area (Å²) in [4.78, 5) is 26.9. The third kappa shape index (κ3) is 8.50. The molecule has 0 aliphatic carbocycles. The molecule has 0 aliphatic rings. The van der Waals surface area contributed by atoms with Crippen LogP contribution in [0.1, 0.15) is 50.3 Å². The van der Waals surface area contributed by atoms with Crippen LogP contribution in [0, 0.1) is 10.1 Å². The number of nitro groups is 1. The first-order valence-electron chi connectivity index (χ1n) is 13.3. The fourth-order valence-electron chi connectivity index (χ4n) is 4.01. The zero-order chi connectivity index (χ0) is 29.0. The average molecular weight is 578 g/mol. The summed E-state index contributed by atoms with van der Waals surface area (Å²) in [5, 5.41) is 35.4. The summed E-state index contributed by atoms with van der Waals surface area (Å²) in [6, 6.07) is 13.6. The summed E-state index contributed by atoms with van der Waals surface area (Å²) in [6.45, 7) is 3.34. The van der Waals surface area contributed by atoms with Crippen molar-refractivity contribution in [3.05, 3.63) is 81.5 Å². The first-order valence-corrected chi connectivity index (χ1v) is 14.2. The second-order valence-corrected chi connectivity index (χ2v) is 10.1. The number of rotatable bonds is 16. The number of benzene rings is 2. The summed E-state index contributed by atoms with van der Waals surface area (Å²) in [6.07, 6.45) is 7.60. The molecular weight excluding hydrogens is 546 g/mol. The van der Waals surface area contributed by atoms with Gasteiger partial charge in [0, 0.05) is 35.6 Å². The third-order valence-corrected chi connectivity index (χ3v) is 6.94. The minimum absolute atomic E-state index is 0.162. The molecule has 0 bridgehead atoms. The maximum Gasteiger partial charge on any atom is 0.352 e. The largest absolute Gasteiger partial charge is 0.477 e. The van der Waals surface area contributed by atoms with E-state index < -0.39 is 10.9 Å². The standard InChI is InChI=1S/C28H31N7O5S/c1-2-3-4-5-8-15-40-18-22-17-34(33-30-22)23-13-11-20(12-14-23)25-19-41-28(29-25)32-31-24(27(36)37)16-21-9-6-7-10-26(21)35(38)39/h6-7,9-14,17,19H,2-5,8,15-16,18H2,1H3,(H,29,32)(H,36,37)/b31-24-. The van der Waals surface area contributed by atoms with E-state index in [0.29, 0.717) is 24.0 Å². The van der Waals surface area contributed by atoms with Crippen LogP contribution < -0.4 is 5.43 Å². The number of hydrazone groups is 1. The molecule has 2 heterocycles. The number of carboxylic acids is 1. The van der Waals surface area contributed by atoms with E-state index >= 15 is 0 Å². The summed E-state index contributed by atoms with van der Waals surface area (Å²) in [5.41, 5.74) is 5.63. The lowest BCUT2D eigenvalue weighted by atomic mass is 10.1. The first-order chi connectivity index (χ1) is 19.9. The van der Waals surface area contributed by atoms with Gasteiger partial charge in [-0.15, -0.1) is 16.4 Å². The van der Waals surface area contributed by atoms with Gasteiger partial charge in [-0.05, 0) is 18.6 Å². The van der Waals surface area contributed by atoms with Gasteiger partial charge in [0.1, 0.15) is 11.4 Å². The number of nitrogens with one attached hydrogen (secondary N) is 1. The number of hydrogen-bond acceptors (Lipinski definition) is 10. The number of aliphatic carboxylic acids is 1. The third-order valence-electron chi connectivity index (χ3n) is 6.19. The highest BCUT2D eigenvalue weighted by Crippen LogP contribution is 2.26. The molecule has 2 aromatic carbocycles. The van der Waals surface area contributed by atoms with Crippen LogP contribution in [0.25, 0.3) is 16.9 Å². The molecule has 4 rings (SSSR count). The molecule has 0 saturated heterocycles. The lowest BCUT2D eigenvalue weighted by Crippen LogP contribution is -2.18. The van der Waals surface area contributed by atoms with Crippen molar-refractivity contribution in [1.82, 2.24) is 20.0 Å². The molecular formula is C28H31N7O5S. The quantitative estimate of drug-likeness (QED) is 0.0718. The van der Waals surface area contributed by atoms with Gasteiger partial charge in [0.2, 0.25) is 5.13 Å². The molecule has 41 heavy (non-hydrogen) atoms. The number of nitrogens with zero attached hydrogens (tertiary/aromatic N) is 6. The summed E-state index contributed by atoms with van der Waals surface area (Å²) < 4.78 is 7.41. The fraction of sp³-hybridized carbons (Fsp3) is 0.321. The molecule has 0 spiro atoms. The molecule has 4 aromatic rings. The number of hydrogen-bond donors (Lipinski definition) is 2. The number of thiazole rings is 1. The van der Waals surface area contributed by atoms with Crippen molar-refractivity contribution in [3.8, 4) is 16.9 Å². The topological polar surface area (TPSA) is 158 Å². The predicted molar refractivity (Wildman–Crippen MR) is 156 cm³/mol. The van der Waals surface area contributed by atoms with Crippen molar-refractivity contribution < 1.29 is 19.6 Å². The summed E-state index contributed by atoms with van der Waals surface area (Å²) in [5.74, 6) is -1.28. The maximum absolute atomic E-state index is 11.7. The summed E-state index contributed by atoms with van der Waals surface area (Å²) in [7, 11) is 0. The van der Waals surface area contributed by atoms with Crippen LogP contribution in [0.15, 0.2) is 65.2 Å². The predicted octanol–water partition coefficient (Wildman–Crippen LogP) is 5.88. The van der Waals surface area contributed by atoms with Gasteiger partial charge in [-0.1, -0.05) is 68.2 Å². The molecule has 13 heteroatoms. The normalized spacial score (nSPS) is 11.5. The fourth-order valence-corrected chi connectivity index (χ4v) is 4.68. The van der Waals surface area contributed by atoms with E-state index in [-0.39, 0.29) is 23.4 Å². The molecule has 0 amide bonds. The number of ether oxygens (including phenoxy) is 1. The van der Waals surface area contributed by atoms with Crippen molar-refractivity contribution in [3.63, 3.8) is 0 Å². The summed E-state index contributed by atoms with van der Waals surface area (Å²) >= 11 is 1.26. The minimum Gasteiger partial charge on any atom is -0.477 e. The molecule has 2 N–H and O–H groups in total. The smallest absolute Gasteiger partial charge is 0.352 e. The van der Waals surface area contributed by atoms with Gasteiger partial charge >= 0.3 is 5.97 Å². The molecule has 214 valence electrons. The Bertz CT molecular complexity index is 1480. The lowest BCUT2D eigenvalue weighted by Gasteiger charge is -2.04. The van der Waals surface area contributed by atoms with E-state index in [1.165, 1.54) is 55.2 Å². The highest BCUT2D eigenvalue weighted by atomic mass is 32.1. The van der Waals surface area contributed by atoms with Crippen molar-refractivity contribution >= 4 is 33.8 Å². The van der Waals surface area contributed by atoms with E-state index in [1.54, 1.807) is 10.7 Å². The first kappa shape index (κ1) is 29.5. The number of anilines is 1. The van der Waals surface area contributed by atoms with E-state index in [9.17, 15) is 20.0 Å². The molecule has 12 nitrogen and oxygen atoms in total. The lowest BCUT2D eigenvalue weighted by molar-refractivity contribution is -0.385. The Labute approximate surface area is 240 Å². The molecule has 0 atom stereocenters. The van der Waals surface area contributed by atoms with E-state index in [0.717, 1.165) is 23.4 Å². The van der Waals surface area contributed by atoms with Crippen LogP contribution in [0.2, 0.25) is 0 Å². The average Bonchev–Trinajstić information content (AvgIpc) is 3.65. The van der Waals surface area contributed by atoms with E-state index in [2.05, 4.69) is 32.7 Å². The van der Waals surface area contributed by atoms with Crippen LogP contribution >= 0.6 is 11.3 Å². The number of aromatic nitrogens is 4. The Morgan fingerprint density at radius 1 is 1.15 bits per heavy atom. The van der Waals surface area contributed by atoms with Gasteiger partial charge in [0.25, 0.3) is 5.69 Å². The number of nitro benzene ring substituents is 1. The highest BCUT2D eigenvalue weighted by molar-refractivity contribution is 7.14. The second-order valence-electron chi connectivity index (χ2n) is 9.24. The Balaban J connectivity index is 1.34. The molecule has 0 unspecified atom stereocenters. The Morgan fingerprint density at radius 3 is 2.68 bits per heavy atom. The number of para-hydroxylation sites is 1. The van der Waals surface area contributed by atoms with Crippen molar-refractivity contribution in [2.24, 2.45) is 5.10 Å². The van der Waals surface area contributed by atoms with E-state index in [1.807, 2.05) is 35.8 Å². The molecule has 0 saturated carbocycles. The monoisotopic (exact) mass is 577 g/mol. The Hall–Kier alpha value is -4.49. The van der Waals surface area contributed by atoms with Gasteiger partial charge < -0.3 is 9.84 Å². The molecule has 0 aliphatic heterocycles. The van der Waals surface area contributed by atoms with Crippen molar-refractivity contribution in [1.29, 1.82) is 0 Å². The van der Waals surface area contributed by atoms with Crippen molar-refractivity contribution in [2.45, 2.75) is 52.1 Å². The minimum atomic E-state index is -1.28. The zero-order valence-electron chi connectivity index (χ0n) is 22.6. The van der Waals surface area contributed by atoms with Crippen LogP contribution in [0.5, 0.6) is 0 Å². The number of unbranched alkanes of at least 4 members (excludes halogenated alkanes) is 4. The van der Waals surface area contributed by atoms with Gasteiger partial charge in [-0.2, -0.15) is 5.10 Å². The van der Waals surface area contributed by atoms with Crippen molar-refractivity contribution in [2.75, 3.05) is 12.0 Å².